The maximum Gasteiger partial charge on any atom is 0.339 e. The molecule has 0 radical (unpaired) electrons. The second-order valence-corrected chi connectivity index (χ2v) is 5.24. The minimum absolute atomic E-state index is 0.0113. The molecule has 1 heterocycles. The van der Waals surface area contributed by atoms with Crippen molar-refractivity contribution in [2.24, 2.45) is 0 Å². The van der Waals surface area contributed by atoms with E-state index < -0.39 is 11.9 Å². The third-order valence-corrected chi connectivity index (χ3v) is 3.53. The standard InChI is InChI=1S/C18H21NO5/c1-3-15-14(18(21)22)9-16(24-15)17(20)19-10-12-5-7-13(8-6-12)11-23-4-2/h5-9H,3-4,10-11H2,1-2H3,(H,19,20)(H,21,22). The highest BCUT2D eigenvalue weighted by Crippen LogP contribution is 2.16. The van der Waals surface area contributed by atoms with E-state index in [1.807, 2.05) is 31.2 Å². The van der Waals surface area contributed by atoms with Gasteiger partial charge >= 0.3 is 5.97 Å². The van der Waals surface area contributed by atoms with Gasteiger partial charge in [-0.05, 0) is 18.1 Å². The largest absolute Gasteiger partial charge is 0.478 e. The quantitative estimate of drug-likeness (QED) is 0.776. The second-order valence-electron chi connectivity index (χ2n) is 5.24. The number of aryl methyl sites for hydroxylation is 1. The molecular formula is C18H21NO5. The lowest BCUT2D eigenvalue weighted by atomic mass is 10.1. The Morgan fingerprint density at radius 2 is 1.83 bits per heavy atom. The number of furan rings is 1. The number of carboxylic acids is 1. The molecule has 2 aromatic rings. The lowest BCUT2D eigenvalue weighted by Crippen LogP contribution is -2.22. The van der Waals surface area contributed by atoms with E-state index in [1.54, 1.807) is 6.92 Å². The first kappa shape index (κ1) is 17.7. The number of carbonyl (C=O) groups excluding carboxylic acids is 1. The third-order valence-electron chi connectivity index (χ3n) is 3.53. The number of carboxylic acid groups (broad SMARTS) is 1. The molecule has 2 N–H and O–H groups in total. The second kappa shape index (κ2) is 8.31. The number of hydrogen-bond donors (Lipinski definition) is 2. The van der Waals surface area contributed by atoms with Gasteiger partial charge in [-0.1, -0.05) is 31.2 Å². The normalized spacial score (nSPS) is 10.6. The predicted octanol–water partition coefficient (Wildman–Crippen LogP) is 3.01. The Labute approximate surface area is 140 Å². The Hall–Kier alpha value is -2.60. The highest BCUT2D eigenvalue weighted by molar-refractivity contribution is 5.96. The van der Waals surface area contributed by atoms with E-state index >= 15 is 0 Å². The fraction of sp³-hybridized carbons (Fsp3) is 0.333. The van der Waals surface area contributed by atoms with Gasteiger partial charge in [0, 0.05) is 25.6 Å². The highest BCUT2D eigenvalue weighted by Gasteiger charge is 2.19. The van der Waals surface area contributed by atoms with Gasteiger partial charge in [0.25, 0.3) is 5.91 Å². The van der Waals surface area contributed by atoms with Crippen molar-refractivity contribution >= 4 is 11.9 Å². The molecule has 0 aliphatic heterocycles. The van der Waals surface area contributed by atoms with Gasteiger partial charge in [-0.2, -0.15) is 0 Å². The first-order chi connectivity index (χ1) is 11.5. The number of hydrogen-bond acceptors (Lipinski definition) is 4. The maximum absolute atomic E-state index is 12.1. The van der Waals surface area contributed by atoms with Crippen LogP contribution in [0.5, 0.6) is 0 Å². The SMILES string of the molecule is CCOCc1ccc(CNC(=O)c2cc(C(=O)O)c(CC)o2)cc1. The zero-order valence-electron chi connectivity index (χ0n) is 13.8. The van der Waals surface area contributed by atoms with E-state index in [2.05, 4.69) is 5.32 Å². The number of aromatic carboxylic acids is 1. The molecular weight excluding hydrogens is 310 g/mol. The lowest BCUT2D eigenvalue weighted by molar-refractivity contribution is 0.0694. The lowest BCUT2D eigenvalue weighted by Gasteiger charge is -2.05. The van der Waals surface area contributed by atoms with Crippen LogP contribution in [0.4, 0.5) is 0 Å². The van der Waals surface area contributed by atoms with Crippen molar-refractivity contribution in [3.05, 3.63) is 58.5 Å². The van der Waals surface area contributed by atoms with Gasteiger partial charge in [-0.3, -0.25) is 4.79 Å². The molecule has 0 fully saturated rings. The van der Waals surface area contributed by atoms with Gasteiger partial charge in [0.05, 0.1) is 6.61 Å². The molecule has 0 aliphatic rings. The number of nitrogens with one attached hydrogen (secondary N) is 1. The minimum atomic E-state index is -1.10. The van der Waals surface area contributed by atoms with Crippen molar-refractivity contribution in [3.8, 4) is 0 Å². The Kier molecular flexibility index (Phi) is 6.14. The Morgan fingerprint density at radius 1 is 1.17 bits per heavy atom. The summed E-state index contributed by atoms with van der Waals surface area (Å²) >= 11 is 0. The van der Waals surface area contributed by atoms with E-state index in [4.69, 9.17) is 14.3 Å². The molecule has 24 heavy (non-hydrogen) atoms. The number of amides is 1. The Balaban J connectivity index is 1.96. The van der Waals surface area contributed by atoms with Crippen molar-refractivity contribution in [3.63, 3.8) is 0 Å². The van der Waals surface area contributed by atoms with Crippen molar-refractivity contribution in [2.75, 3.05) is 6.61 Å². The smallest absolute Gasteiger partial charge is 0.339 e. The zero-order valence-corrected chi connectivity index (χ0v) is 13.8. The molecule has 0 saturated heterocycles. The fourth-order valence-electron chi connectivity index (χ4n) is 2.23. The van der Waals surface area contributed by atoms with Crippen LogP contribution in [0.1, 0.15) is 51.6 Å². The molecule has 0 saturated carbocycles. The molecule has 6 nitrogen and oxygen atoms in total. The Morgan fingerprint density at radius 3 is 2.38 bits per heavy atom. The van der Waals surface area contributed by atoms with Crippen LogP contribution >= 0.6 is 0 Å². The topological polar surface area (TPSA) is 88.8 Å². The molecule has 0 spiro atoms. The summed E-state index contributed by atoms with van der Waals surface area (Å²) < 4.78 is 10.7. The van der Waals surface area contributed by atoms with Crippen LogP contribution in [0, 0.1) is 0 Å². The number of ether oxygens (including phenoxy) is 1. The summed E-state index contributed by atoms with van der Waals surface area (Å²) in [5.74, 6) is -1.22. The fourth-order valence-corrected chi connectivity index (χ4v) is 2.23. The van der Waals surface area contributed by atoms with Crippen molar-refractivity contribution < 1.29 is 23.8 Å². The summed E-state index contributed by atoms with van der Waals surface area (Å²) in [6.45, 7) is 5.28. The van der Waals surface area contributed by atoms with Gasteiger partial charge in [-0.25, -0.2) is 4.79 Å². The Bertz CT molecular complexity index is 703. The summed E-state index contributed by atoms with van der Waals surface area (Å²) in [6, 6.07) is 8.99. The van der Waals surface area contributed by atoms with Gasteiger partial charge < -0.3 is 19.6 Å². The highest BCUT2D eigenvalue weighted by atomic mass is 16.5. The van der Waals surface area contributed by atoms with Crippen molar-refractivity contribution in [1.82, 2.24) is 5.32 Å². The van der Waals surface area contributed by atoms with Crippen LogP contribution in [-0.4, -0.2) is 23.6 Å². The van der Waals surface area contributed by atoms with Crippen LogP contribution in [0.25, 0.3) is 0 Å². The van der Waals surface area contributed by atoms with E-state index in [9.17, 15) is 9.59 Å². The maximum atomic E-state index is 12.1. The molecule has 1 aromatic carbocycles. The first-order valence-corrected chi connectivity index (χ1v) is 7.84. The number of carbonyl (C=O) groups is 2. The summed E-state index contributed by atoms with van der Waals surface area (Å²) in [7, 11) is 0. The molecule has 2 rings (SSSR count). The van der Waals surface area contributed by atoms with Gasteiger partial charge in [0.2, 0.25) is 0 Å². The molecule has 1 aromatic heterocycles. The predicted molar refractivity (Wildman–Crippen MR) is 88.0 cm³/mol. The molecule has 1 amide bonds. The first-order valence-electron chi connectivity index (χ1n) is 7.84. The van der Waals surface area contributed by atoms with Crippen LogP contribution in [-0.2, 0) is 24.3 Å². The number of benzene rings is 1. The molecule has 0 bridgehead atoms. The zero-order chi connectivity index (χ0) is 17.5. The molecule has 0 unspecified atom stereocenters. The average Bonchev–Trinajstić information content (AvgIpc) is 3.03. The van der Waals surface area contributed by atoms with Gasteiger partial charge in [0.15, 0.2) is 5.76 Å². The molecule has 0 atom stereocenters. The van der Waals surface area contributed by atoms with Gasteiger partial charge in [0.1, 0.15) is 11.3 Å². The van der Waals surface area contributed by atoms with Crippen LogP contribution in [0.15, 0.2) is 34.7 Å². The van der Waals surface area contributed by atoms with Crippen LogP contribution in [0.3, 0.4) is 0 Å². The van der Waals surface area contributed by atoms with Crippen molar-refractivity contribution in [1.29, 1.82) is 0 Å². The molecule has 128 valence electrons. The van der Waals surface area contributed by atoms with E-state index in [-0.39, 0.29) is 11.3 Å². The van der Waals surface area contributed by atoms with E-state index in [1.165, 1.54) is 6.07 Å². The van der Waals surface area contributed by atoms with Gasteiger partial charge in [-0.15, -0.1) is 0 Å². The summed E-state index contributed by atoms with van der Waals surface area (Å²) in [4.78, 5) is 23.2. The number of rotatable bonds is 8. The monoisotopic (exact) mass is 331 g/mol. The molecule has 0 aliphatic carbocycles. The van der Waals surface area contributed by atoms with Crippen LogP contribution in [0.2, 0.25) is 0 Å². The third kappa shape index (κ3) is 4.45. The van der Waals surface area contributed by atoms with Crippen molar-refractivity contribution in [2.45, 2.75) is 33.4 Å². The van der Waals surface area contributed by atoms with Crippen LogP contribution < -0.4 is 5.32 Å². The molecule has 6 heteroatoms. The van der Waals surface area contributed by atoms with E-state index in [0.717, 1.165) is 11.1 Å². The average molecular weight is 331 g/mol. The van der Waals surface area contributed by atoms with E-state index in [0.29, 0.717) is 31.9 Å². The summed E-state index contributed by atoms with van der Waals surface area (Å²) in [5.41, 5.74) is 2.03. The summed E-state index contributed by atoms with van der Waals surface area (Å²) in [5, 5.41) is 11.8. The minimum Gasteiger partial charge on any atom is -0.478 e. The summed E-state index contributed by atoms with van der Waals surface area (Å²) in [6.07, 6.45) is 0.413.